The van der Waals surface area contributed by atoms with E-state index in [-0.39, 0.29) is 0 Å². The molecule has 0 spiro atoms. The molecule has 19 heavy (non-hydrogen) atoms. The second-order valence-corrected chi connectivity index (χ2v) is 4.73. The fourth-order valence-corrected chi connectivity index (χ4v) is 2.00. The lowest BCUT2D eigenvalue weighted by Crippen LogP contribution is -1.97. The zero-order valence-electron chi connectivity index (χ0n) is 11.7. The molecule has 0 amide bonds. The van der Waals surface area contributed by atoms with Crippen LogP contribution in [0, 0.1) is 0 Å². The third-order valence-electron chi connectivity index (χ3n) is 2.98. The molecule has 3 nitrogen and oxygen atoms in total. The predicted molar refractivity (Wildman–Crippen MR) is 79.7 cm³/mol. The van der Waals surface area contributed by atoms with Crippen molar-refractivity contribution in [3.63, 3.8) is 0 Å². The molecule has 0 aromatic carbocycles. The Kier molecular flexibility index (Phi) is 4.90. The Morgan fingerprint density at radius 3 is 1.58 bits per heavy atom. The Bertz CT molecular complexity index is 441. The van der Waals surface area contributed by atoms with Crippen molar-refractivity contribution in [2.24, 2.45) is 0 Å². The van der Waals surface area contributed by atoms with Crippen molar-refractivity contribution >= 4 is 11.6 Å². The molecule has 0 atom stereocenters. The Labute approximate surface area is 115 Å². The minimum Gasteiger partial charge on any atom is -0.325 e. The molecule has 100 valence electrons. The largest absolute Gasteiger partial charge is 0.325 e. The van der Waals surface area contributed by atoms with E-state index >= 15 is 0 Å². The fraction of sp³-hybridized carbons (Fsp3) is 0.375. The van der Waals surface area contributed by atoms with Gasteiger partial charge in [0, 0.05) is 12.4 Å². The maximum atomic E-state index is 4.40. The van der Waals surface area contributed by atoms with Gasteiger partial charge in [0.05, 0.1) is 0 Å². The summed E-state index contributed by atoms with van der Waals surface area (Å²) in [6.07, 6.45) is 8.31. The van der Waals surface area contributed by atoms with E-state index in [1.165, 1.54) is 11.1 Å². The number of pyridine rings is 2. The average Bonchev–Trinajstić information content (AvgIpc) is 2.44. The highest BCUT2D eigenvalue weighted by atomic mass is 15.0. The summed E-state index contributed by atoms with van der Waals surface area (Å²) in [4.78, 5) is 8.80. The fourth-order valence-electron chi connectivity index (χ4n) is 2.00. The van der Waals surface area contributed by atoms with E-state index in [2.05, 4.69) is 41.3 Å². The quantitative estimate of drug-likeness (QED) is 0.843. The van der Waals surface area contributed by atoms with E-state index in [1.54, 1.807) is 0 Å². The van der Waals surface area contributed by atoms with Crippen LogP contribution >= 0.6 is 0 Å². The number of aromatic nitrogens is 2. The van der Waals surface area contributed by atoms with Crippen LogP contribution in [0.5, 0.6) is 0 Å². The Morgan fingerprint density at radius 1 is 0.789 bits per heavy atom. The van der Waals surface area contributed by atoms with Gasteiger partial charge < -0.3 is 5.32 Å². The van der Waals surface area contributed by atoms with Gasteiger partial charge in [0.1, 0.15) is 11.6 Å². The Hall–Kier alpha value is -1.90. The molecule has 0 aliphatic rings. The average molecular weight is 255 g/mol. The summed E-state index contributed by atoms with van der Waals surface area (Å²) in [6, 6.07) is 8.24. The highest BCUT2D eigenvalue weighted by Gasteiger charge is 1.99. The molecular formula is C16H21N3. The molecule has 0 aliphatic carbocycles. The third-order valence-corrected chi connectivity index (χ3v) is 2.98. The first-order valence-corrected chi connectivity index (χ1v) is 6.98. The third kappa shape index (κ3) is 4.05. The molecule has 0 fully saturated rings. The molecule has 3 heteroatoms. The Balaban J connectivity index is 1.99. The first kappa shape index (κ1) is 13.5. The molecule has 1 N–H and O–H groups in total. The van der Waals surface area contributed by atoms with Crippen molar-refractivity contribution in [1.82, 2.24) is 9.97 Å². The van der Waals surface area contributed by atoms with E-state index in [4.69, 9.17) is 0 Å². The van der Waals surface area contributed by atoms with Gasteiger partial charge in [-0.1, -0.05) is 38.8 Å². The summed E-state index contributed by atoms with van der Waals surface area (Å²) in [5, 5.41) is 3.22. The number of anilines is 2. The smallest absolute Gasteiger partial charge is 0.131 e. The lowest BCUT2D eigenvalue weighted by atomic mass is 10.2. The number of rotatable bonds is 6. The van der Waals surface area contributed by atoms with Crippen LogP contribution in [0.3, 0.4) is 0 Å². The number of hydrogen-bond donors (Lipinski definition) is 1. The van der Waals surface area contributed by atoms with Crippen LogP contribution in [-0.2, 0) is 12.8 Å². The van der Waals surface area contributed by atoms with Crippen LogP contribution in [-0.4, -0.2) is 9.97 Å². The van der Waals surface area contributed by atoms with Gasteiger partial charge in [-0.25, -0.2) is 9.97 Å². The van der Waals surface area contributed by atoms with Crippen molar-refractivity contribution in [1.29, 1.82) is 0 Å². The minimum absolute atomic E-state index is 0.843. The summed E-state index contributed by atoms with van der Waals surface area (Å²) in [7, 11) is 0. The minimum atomic E-state index is 0.843. The van der Waals surface area contributed by atoms with E-state index < -0.39 is 0 Å². The zero-order chi connectivity index (χ0) is 13.5. The summed E-state index contributed by atoms with van der Waals surface area (Å²) in [6.45, 7) is 4.35. The molecule has 0 aliphatic heterocycles. The summed E-state index contributed by atoms with van der Waals surface area (Å²) in [5.41, 5.74) is 2.55. The first-order chi connectivity index (χ1) is 9.31. The van der Waals surface area contributed by atoms with Crippen LogP contribution in [0.4, 0.5) is 11.6 Å². The molecule has 2 aromatic heterocycles. The molecule has 2 rings (SSSR count). The highest BCUT2D eigenvalue weighted by Crippen LogP contribution is 2.14. The number of hydrogen-bond acceptors (Lipinski definition) is 3. The van der Waals surface area contributed by atoms with Crippen molar-refractivity contribution in [3.8, 4) is 0 Å². The molecule has 2 aromatic rings. The van der Waals surface area contributed by atoms with E-state index in [9.17, 15) is 0 Å². The molecule has 2 heterocycles. The number of aryl methyl sites for hydroxylation is 2. The van der Waals surface area contributed by atoms with Gasteiger partial charge in [0.2, 0.25) is 0 Å². The van der Waals surface area contributed by atoms with Crippen LogP contribution in [0.1, 0.15) is 37.8 Å². The zero-order valence-corrected chi connectivity index (χ0v) is 11.7. The number of nitrogens with zero attached hydrogens (tertiary/aromatic N) is 2. The van der Waals surface area contributed by atoms with Gasteiger partial charge in [-0.15, -0.1) is 0 Å². The number of nitrogens with one attached hydrogen (secondary N) is 1. The molecule has 0 radical (unpaired) electrons. The second-order valence-electron chi connectivity index (χ2n) is 4.73. The molecule has 0 saturated heterocycles. The van der Waals surface area contributed by atoms with Gasteiger partial charge in [0.15, 0.2) is 0 Å². The monoisotopic (exact) mass is 255 g/mol. The van der Waals surface area contributed by atoms with Gasteiger partial charge >= 0.3 is 0 Å². The van der Waals surface area contributed by atoms with Gasteiger partial charge in [-0.05, 0) is 36.1 Å². The van der Waals surface area contributed by atoms with E-state index in [0.717, 1.165) is 37.3 Å². The summed E-state index contributed by atoms with van der Waals surface area (Å²) < 4.78 is 0. The maximum Gasteiger partial charge on any atom is 0.131 e. The van der Waals surface area contributed by atoms with E-state index in [0.29, 0.717) is 0 Å². The molecule has 0 saturated carbocycles. The topological polar surface area (TPSA) is 37.8 Å². The Morgan fingerprint density at radius 2 is 1.26 bits per heavy atom. The summed E-state index contributed by atoms with van der Waals surface area (Å²) >= 11 is 0. The van der Waals surface area contributed by atoms with Crippen LogP contribution in [0.15, 0.2) is 36.7 Å². The van der Waals surface area contributed by atoms with Gasteiger partial charge in [-0.3, -0.25) is 0 Å². The maximum absolute atomic E-state index is 4.40. The molecule has 0 bridgehead atoms. The van der Waals surface area contributed by atoms with E-state index in [1.807, 2.05) is 24.5 Å². The van der Waals surface area contributed by atoms with Gasteiger partial charge in [0.25, 0.3) is 0 Å². The van der Waals surface area contributed by atoms with Gasteiger partial charge in [-0.2, -0.15) is 0 Å². The first-order valence-electron chi connectivity index (χ1n) is 6.98. The molecular weight excluding hydrogens is 234 g/mol. The molecule has 0 unspecified atom stereocenters. The van der Waals surface area contributed by atoms with Crippen LogP contribution in [0.2, 0.25) is 0 Å². The normalized spacial score (nSPS) is 10.4. The lowest BCUT2D eigenvalue weighted by Gasteiger charge is -2.06. The second kappa shape index (κ2) is 6.88. The lowest BCUT2D eigenvalue weighted by molar-refractivity contribution is 0.912. The highest BCUT2D eigenvalue weighted by molar-refractivity contribution is 5.51. The standard InChI is InChI=1S/C16H21N3/c1-3-5-13-7-9-15(17-11-13)19-16-10-8-14(6-4-2)12-18-16/h7-12H,3-6H2,1-2H3,(H,17,18,19). The van der Waals surface area contributed by atoms with Crippen molar-refractivity contribution in [3.05, 3.63) is 47.8 Å². The predicted octanol–water partition coefficient (Wildman–Crippen LogP) is 4.13. The SMILES string of the molecule is CCCc1ccc(Nc2ccc(CCC)cn2)nc1. The van der Waals surface area contributed by atoms with Crippen molar-refractivity contribution in [2.45, 2.75) is 39.5 Å². The van der Waals surface area contributed by atoms with Crippen LogP contribution in [0.25, 0.3) is 0 Å². The van der Waals surface area contributed by atoms with Crippen molar-refractivity contribution < 1.29 is 0 Å². The van der Waals surface area contributed by atoms with Crippen molar-refractivity contribution in [2.75, 3.05) is 5.32 Å². The summed E-state index contributed by atoms with van der Waals surface area (Å²) in [5.74, 6) is 1.69. The van der Waals surface area contributed by atoms with Crippen LogP contribution < -0.4 is 5.32 Å².